The maximum Gasteiger partial charge on any atom is 0.00693 e. The molecule has 13 heavy (non-hydrogen) atoms. The number of rotatable bonds is 1. The molecule has 2 aliphatic rings. The van der Waals surface area contributed by atoms with E-state index in [0.29, 0.717) is 0 Å². The van der Waals surface area contributed by atoms with E-state index in [1.54, 1.807) is 0 Å². The van der Waals surface area contributed by atoms with Gasteiger partial charge in [0.15, 0.2) is 0 Å². The molecule has 1 N–H and O–H groups in total. The summed E-state index contributed by atoms with van der Waals surface area (Å²) in [5.41, 5.74) is 0.768. The molecule has 0 aromatic carbocycles. The summed E-state index contributed by atoms with van der Waals surface area (Å²) in [6.07, 6.45) is 13.4. The first-order valence-corrected chi connectivity index (χ1v) is 6.02. The minimum absolute atomic E-state index is 0.768. The van der Waals surface area contributed by atoms with Crippen molar-refractivity contribution in [2.45, 2.75) is 63.8 Å². The third-order valence-electron chi connectivity index (χ3n) is 4.26. The second-order valence-corrected chi connectivity index (χ2v) is 5.14. The monoisotopic (exact) mass is 181 g/mol. The SMILES string of the molecule is CNC1CCCC2(CCCCC2)C1. The molecule has 1 heteroatoms. The minimum atomic E-state index is 0.768. The van der Waals surface area contributed by atoms with Crippen molar-refractivity contribution in [3.63, 3.8) is 0 Å². The largest absolute Gasteiger partial charge is 0.317 e. The zero-order valence-electron chi connectivity index (χ0n) is 8.94. The van der Waals surface area contributed by atoms with Gasteiger partial charge < -0.3 is 5.32 Å². The highest BCUT2D eigenvalue weighted by Crippen LogP contribution is 2.47. The van der Waals surface area contributed by atoms with E-state index in [9.17, 15) is 0 Å². The predicted molar refractivity (Wildman–Crippen MR) is 56.8 cm³/mol. The van der Waals surface area contributed by atoms with Crippen molar-refractivity contribution >= 4 is 0 Å². The molecule has 1 nitrogen and oxygen atoms in total. The van der Waals surface area contributed by atoms with E-state index in [1.165, 1.54) is 57.8 Å². The van der Waals surface area contributed by atoms with Crippen molar-refractivity contribution in [3.8, 4) is 0 Å². The maximum atomic E-state index is 3.48. The first kappa shape index (κ1) is 9.51. The lowest BCUT2D eigenvalue weighted by Crippen LogP contribution is -2.39. The molecule has 2 rings (SSSR count). The molecule has 0 saturated heterocycles. The summed E-state index contributed by atoms with van der Waals surface area (Å²) in [6, 6.07) is 0.826. The second-order valence-electron chi connectivity index (χ2n) is 5.14. The molecule has 2 fully saturated rings. The minimum Gasteiger partial charge on any atom is -0.317 e. The van der Waals surface area contributed by atoms with Crippen molar-refractivity contribution in [2.24, 2.45) is 5.41 Å². The van der Waals surface area contributed by atoms with E-state index < -0.39 is 0 Å². The lowest BCUT2D eigenvalue weighted by Gasteiger charge is -2.43. The standard InChI is InChI=1S/C12H23N/c1-13-11-6-5-9-12(10-11)7-3-2-4-8-12/h11,13H,2-10H2,1H3. The zero-order valence-corrected chi connectivity index (χ0v) is 8.94. The molecule has 0 heterocycles. The highest BCUT2D eigenvalue weighted by molar-refractivity contribution is 4.90. The Bertz CT molecular complexity index is 153. The molecule has 76 valence electrons. The van der Waals surface area contributed by atoms with Gasteiger partial charge in [-0.15, -0.1) is 0 Å². The van der Waals surface area contributed by atoms with E-state index in [-0.39, 0.29) is 0 Å². The summed E-state index contributed by atoms with van der Waals surface area (Å²) in [5, 5.41) is 3.48. The van der Waals surface area contributed by atoms with Crippen LogP contribution in [0.4, 0.5) is 0 Å². The molecule has 2 saturated carbocycles. The van der Waals surface area contributed by atoms with E-state index in [4.69, 9.17) is 0 Å². The molecule has 0 amide bonds. The summed E-state index contributed by atoms with van der Waals surface area (Å²) in [5.74, 6) is 0. The van der Waals surface area contributed by atoms with Crippen molar-refractivity contribution in [1.29, 1.82) is 0 Å². The van der Waals surface area contributed by atoms with Gasteiger partial charge in [0, 0.05) is 6.04 Å². The summed E-state index contributed by atoms with van der Waals surface area (Å²) >= 11 is 0. The zero-order chi connectivity index (χ0) is 9.15. The first-order valence-electron chi connectivity index (χ1n) is 6.02. The van der Waals surface area contributed by atoms with Gasteiger partial charge in [0.2, 0.25) is 0 Å². The van der Waals surface area contributed by atoms with Crippen LogP contribution in [0.5, 0.6) is 0 Å². The van der Waals surface area contributed by atoms with Crippen LogP contribution in [0.3, 0.4) is 0 Å². The normalized spacial score (nSPS) is 33.5. The van der Waals surface area contributed by atoms with Gasteiger partial charge >= 0.3 is 0 Å². The third-order valence-corrected chi connectivity index (χ3v) is 4.26. The fourth-order valence-corrected chi connectivity index (χ4v) is 3.45. The maximum absolute atomic E-state index is 3.48. The summed E-state index contributed by atoms with van der Waals surface area (Å²) in [4.78, 5) is 0. The van der Waals surface area contributed by atoms with Crippen molar-refractivity contribution in [1.82, 2.24) is 5.32 Å². The van der Waals surface area contributed by atoms with Gasteiger partial charge in [0.25, 0.3) is 0 Å². The van der Waals surface area contributed by atoms with Crippen LogP contribution in [0.15, 0.2) is 0 Å². The molecule has 0 aromatic heterocycles. The van der Waals surface area contributed by atoms with E-state index in [1.807, 2.05) is 0 Å². The Morgan fingerprint density at radius 1 is 1.00 bits per heavy atom. The highest BCUT2D eigenvalue weighted by Gasteiger charge is 2.36. The van der Waals surface area contributed by atoms with Crippen molar-refractivity contribution in [2.75, 3.05) is 7.05 Å². The Hall–Kier alpha value is -0.0400. The smallest absolute Gasteiger partial charge is 0.00693 e. The molecule has 0 aromatic rings. The summed E-state index contributed by atoms with van der Waals surface area (Å²) in [6.45, 7) is 0. The highest BCUT2D eigenvalue weighted by atomic mass is 14.9. The molecule has 0 bridgehead atoms. The molecule has 1 atom stereocenters. The van der Waals surface area contributed by atoms with Crippen LogP contribution < -0.4 is 5.32 Å². The van der Waals surface area contributed by atoms with Gasteiger partial charge in [-0.1, -0.05) is 25.7 Å². The Morgan fingerprint density at radius 3 is 2.38 bits per heavy atom. The van der Waals surface area contributed by atoms with Crippen LogP contribution in [-0.2, 0) is 0 Å². The van der Waals surface area contributed by atoms with Crippen LogP contribution in [0.2, 0.25) is 0 Å². The van der Waals surface area contributed by atoms with E-state index in [2.05, 4.69) is 12.4 Å². The van der Waals surface area contributed by atoms with Gasteiger partial charge in [-0.25, -0.2) is 0 Å². The van der Waals surface area contributed by atoms with Gasteiger partial charge in [-0.3, -0.25) is 0 Å². The molecule has 0 radical (unpaired) electrons. The molecule has 2 aliphatic carbocycles. The molecular weight excluding hydrogens is 158 g/mol. The van der Waals surface area contributed by atoms with Crippen LogP contribution in [0.25, 0.3) is 0 Å². The van der Waals surface area contributed by atoms with Crippen molar-refractivity contribution in [3.05, 3.63) is 0 Å². The van der Waals surface area contributed by atoms with Crippen LogP contribution in [0.1, 0.15) is 57.8 Å². The van der Waals surface area contributed by atoms with Crippen LogP contribution >= 0.6 is 0 Å². The van der Waals surface area contributed by atoms with Gasteiger partial charge in [-0.05, 0) is 44.6 Å². The second kappa shape index (κ2) is 4.00. The van der Waals surface area contributed by atoms with Gasteiger partial charge in [-0.2, -0.15) is 0 Å². The number of nitrogens with one attached hydrogen (secondary N) is 1. The summed E-state index contributed by atoms with van der Waals surface area (Å²) < 4.78 is 0. The average molecular weight is 181 g/mol. The Kier molecular flexibility index (Phi) is 2.92. The van der Waals surface area contributed by atoms with E-state index >= 15 is 0 Å². The molecule has 1 unspecified atom stereocenters. The number of hydrogen-bond donors (Lipinski definition) is 1. The van der Waals surface area contributed by atoms with Gasteiger partial charge in [0.05, 0.1) is 0 Å². The fourth-order valence-electron chi connectivity index (χ4n) is 3.45. The van der Waals surface area contributed by atoms with Gasteiger partial charge in [0.1, 0.15) is 0 Å². The predicted octanol–water partition coefficient (Wildman–Crippen LogP) is 3.10. The topological polar surface area (TPSA) is 12.0 Å². The molecule has 0 aliphatic heterocycles. The third kappa shape index (κ3) is 2.07. The lowest BCUT2D eigenvalue weighted by atomic mass is 9.64. The van der Waals surface area contributed by atoms with Crippen molar-refractivity contribution < 1.29 is 0 Å². The Morgan fingerprint density at radius 2 is 1.69 bits per heavy atom. The lowest BCUT2D eigenvalue weighted by molar-refractivity contribution is 0.103. The van der Waals surface area contributed by atoms with E-state index in [0.717, 1.165) is 11.5 Å². The average Bonchev–Trinajstić information content (AvgIpc) is 2.19. The Labute approximate surface area is 82.3 Å². The fraction of sp³-hybridized carbons (Fsp3) is 1.00. The quantitative estimate of drug-likeness (QED) is 0.655. The van der Waals surface area contributed by atoms with Crippen LogP contribution in [0, 0.1) is 5.41 Å². The molecule has 1 spiro atoms. The molecular formula is C12H23N. The van der Waals surface area contributed by atoms with Crippen LogP contribution in [-0.4, -0.2) is 13.1 Å². The summed E-state index contributed by atoms with van der Waals surface area (Å²) in [7, 11) is 2.13. The number of hydrogen-bond acceptors (Lipinski definition) is 1. The Balaban J connectivity index is 1.95. The first-order chi connectivity index (χ1) is 6.35.